The number of amides is 2. The molecule has 1 fully saturated rings. The summed E-state index contributed by atoms with van der Waals surface area (Å²) >= 11 is 0. The fourth-order valence-electron chi connectivity index (χ4n) is 2.22. The van der Waals surface area contributed by atoms with Gasteiger partial charge in [-0.2, -0.15) is 5.10 Å². The summed E-state index contributed by atoms with van der Waals surface area (Å²) in [4.78, 5) is 27.3. The van der Waals surface area contributed by atoms with Crippen LogP contribution in [0, 0.1) is 6.92 Å². The first kappa shape index (κ1) is 13.6. The molecule has 2 rings (SSSR count). The molecule has 0 saturated carbocycles. The molecule has 1 aromatic heterocycles. The van der Waals surface area contributed by atoms with Crippen molar-refractivity contribution in [3.05, 3.63) is 18.0 Å². The van der Waals surface area contributed by atoms with Gasteiger partial charge < -0.3 is 9.80 Å². The molecule has 6 heteroatoms. The molecule has 1 aliphatic heterocycles. The van der Waals surface area contributed by atoms with Crippen LogP contribution >= 0.6 is 0 Å². The number of hydrogen-bond donors (Lipinski definition) is 0. The Bertz CT molecular complexity index is 461. The second kappa shape index (κ2) is 5.86. The van der Waals surface area contributed by atoms with Crippen LogP contribution in [-0.2, 0) is 16.1 Å². The molecule has 2 heterocycles. The number of aryl methyl sites for hydroxylation is 1. The Hall–Kier alpha value is -1.85. The molecule has 6 nitrogen and oxygen atoms in total. The first-order valence-electron chi connectivity index (χ1n) is 6.64. The van der Waals surface area contributed by atoms with Gasteiger partial charge in [0, 0.05) is 38.8 Å². The quantitative estimate of drug-likeness (QED) is 0.787. The lowest BCUT2D eigenvalue weighted by Gasteiger charge is -2.34. The maximum atomic E-state index is 12.1. The molecule has 1 aliphatic rings. The number of carbonyl (C=O) groups is 2. The molecular formula is C13H20N4O2. The molecule has 1 saturated heterocycles. The molecule has 2 amide bonds. The fraction of sp³-hybridized carbons (Fsp3) is 0.615. The van der Waals surface area contributed by atoms with Crippen molar-refractivity contribution in [1.29, 1.82) is 0 Å². The summed E-state index contributed by atoms with van der Waals surface area (Å²) in [5, 5.41) is 4.11. The zero-order valence-electron chi connectivity index (χ0n) is 11.5. The SMILES string of the molecule is CCC(=O)N1CCN(C(=O)Cn2cc(C)cn2)CC1. The van der Waals surface area contributed by atoms with Crippen molar-refractivity contribution in [2.75, 3.05) is 26.2 Å². The third kappa shape index (κ3) is 3.33. The summed E-state index contributed by atoms with van der Waals surface area (Å²) in [6, 6.07) is 0. The van der Waals surface area contributed by atoms with E-state index in [1.54, 1.807) is 15.8 Å². The van der Waals surface area contributed by atoms with E-state index in [2.05, 4.69) is 5.10 Å². The van der Waals surface area contributed by atoms with Crippen LogP contribution in [0.25, 0.3) is 0 Å². The standard InChI is InChI=1S/C13H20N4O2/c1-3-12(18)15-4-6-16(7-5-15)13(19)10-17-9-11(2)8-14-17/h8-9H,3-7,10H2,1-2H3. The van der Waals surface area contributed by atoms with Crippen molar-refractivity contribution in [1.82, 2.24) is 19.6 Å². The van der Waals surface area contributed by atoms with Gasteiger partial charge >= 0.3 is 0 Å². The normalized spacial score (nSPS) is 15.7. The topological polar surface area (TPSA) is 58.4 Å². The molecular weight excluding hydrogens is 244 g/mol. The summed E-state index contributed by atoms with van der Waals surface area (Å²) in [7, 11) is 0. The number of aromatic nitrogens is 2. The van der Waals surface area contributed by atoms with Gasteiger partial charge in [0.1, 0.15) is 6.54 Å². The molecule has 0 radical (unpaired) electrons. The molecule has 0 spiro atoms. The second-order valence-electron chi connectivity index (χ2n) is 4.83. The van der Waals surface area contributed by atoms with E-state index >= 15 is 0 Å². The van der Waals surface area contributed by atoms with Crippen molar-refractivity contribution in [2.24, 2.45) is 0 Å². The highest BCUT2D eigenvalue weighted by Crippen LogP contribution is 2.05. The van der Waals surface area contributed by atoms with Gasteiger partial charge in [-0.1, -0.05) is 6.92 Å². The van der Waals surface area contributed by atoms with Crippen molar-refractivity contribution in [3.63, 3.8) is 0 Å². The predicted molar refractivity (Wildman–Crippen MR) is 70.4 cm³/mol. The smallest absolute Gasteiger partial charge is 0.244 e. The minimum atomic E-state index is 0.0618. The van der Waals surface area contributed by atoms with Gasteiger partial charge in [-0.25, -0.2) is 0 Å². The van der Waals surface area contributed by atoms with E-state index in [-0.39, 0.29) is 18.4 Å². The number of rotatable bonds is 3. The largest absolute Gasteiger partial charge is 0.339 e. The fourth-order valence-corrected chi connectivity index (χ4v) is 2.22. The van der Waals surface area contributed by atoms with E-state index < -0.39 is 0 Å². The van der Waals surface area contributed by atoms with E-state index in [1.807, 2.05) is 24.9 Å². The highest BCUT2D eigenvalue weighted by atomic mass is 16.2. The molecule has 0 atom stereocenters. The second-order valence-corrected chi connectivity index (χ2v) is 4.83. The van der Waals surface area contributed by atoms with Gasteiger partial charge in [0.2, 0.25) is 11.8 Å². The minimum Gasteiger partial charge on any atom is -0.339 e. The Balaban J connectivity index is 1.84. The number of piperazine rings is 1. The molecule has 0 aliphatic carbocycles. The third-order valence-electron chi connectivity index (χ3n) is 3.35. The molecule has 19 heavy (non-hydrogen) atoms. The van der Waals surface area contributed by atoms with Gasteiger partial charge in [0.05, 0.1) is 6.20 Å². The van der Waals surface area contributed by atoms with Gasteiger partial charge in [0.15, 0.2) is 0 Å². The zero-order valence-corrected chi connectivity index (χ0v) is 11.5. The van der Waals surface area contributed by atoms with E-state index in [4.69, 9.17) is 0 Å². The number of carbonyl (C=O) groups excluding carboxylic acids is 2. The lowest BCUT2D eigenvalue weighted by Crippen LogP contribution is -2.51. The Labute approximate surface area is 113 Å². The highest BCUT2D eigenvalue weighted by Gasteiger charge is 2.23. The van der Waals surface area contributed by atoms with Crippen molar-refractivity contribution < 1.29 is 9.59 Å². The van der Waals surface area contributed by atoms with E-state index in [9.17, 15) is 9.59 Å². The summed E-state index contributed by atoms with van der Waals surface area (Å²) in [5.74, 6) is 0.224. The monoisotopic (exact) mass is 264 g/mol. The lowest BCUT2D eigenvalue weighted by molar-refractivity contribution is -0.139. The molecule has 0 N–H and O–H groups in total. The minimum absolute atomic E-state index is 0.0618. The molecule has 0 unspecified atom stereocenters. The van der Waals surface area contributed by atoms with E-state index in [1.165, 1.54) is 0 Å². The van der Waals surface area contributed by atoms with E-state index in [0.717, 1.165) is 5.56 Å². The Morgan fingerprint density at radius 1 is 1.16 bits per heavy atom. The Morgan fingerprint density at radius 3 is 2.21 bits per heavy atom. The number of hydrogen-bond acceptors (Lipinski definition) is 3. The summed E-state index contributed by atoms with van der Waals surface area (Å²) in [5.41, 5.74) is 1.05. The highest BCUT2D eigenvalue weighted by molar-refractivity contribution is 5.78. The van der Waals surface area contributed by atoms with Gasteiger partial charge in [-0.3, -0.25) is 14.3 Å². The third-order valence-corrected chi connectivity index (χ3v) is 3.35. The molecule has 104 valence electrons. The van der Waals surface area contributed by atoms with Gasteiger partial charge in [0.25, 0.3) is 0 Å². The van der Waals surface area contributed by atoms with Crippen molar-refractivity contribution in [2.45, 2.75) is 26.8 Å². The summed E-state index contributed by atoms with van der Waals surface area (Å²) in [6.45, 7) is 6.58. The first-order valence-corrected chi connectivity index (χ1v) is 6.64. The van der Waals surface area contributed by atoms with Crippen LogP contribution in [0.2, 0.25) is 0 Å². The van der Waals surface area contributed by atoms with Crippen molar-refractivity contribution >= 4 is 11.8 Å². The average Bonchev–Trinajstić information content (AvgIpc) is 2.83. The van der Waals surface area contributed by atoms with Crippen LogP contribution < -0.4 is 0 Å². The average molecular weight is 264 g/mol. The van der Waals surface area contributed by atoms with Crippen LogP contribution in [0.15, 0.2) is 12.4 Å². The lowest BCUT2D eigenvalue weighted by atomic mass is 10.3. The van der Waals surface area contributed by atoms with Gasteiger partial charge in [-0.05, 0) is 12.5 Å². The summed E-state index contributed by atoms with van der Waals surface area (Å²) < 4.78 is 1.65. The molecule has 1 aromatic rings. The maximum Gasteiger partial charge on any atom is 0.244 e. The van der Waals surface area contributed by atoms with Crippen LogP contribution in [0.1, 0.15) is 18.9 Å². The van der Waals surface area contributed by atoms with Crippen molar-refractivity contribution in [3.8, 4) is 0 Å². The Kier molecular flexibility index (Phi) is 4.19. The molecule has 0 aromatic carbocycles. The molecule has 0 bridgehead atoms. The zero-order chi connectivity index (χ0) is 13.8. The number of nitrogens with zero attached hydrogens (tertiary/aromatic N) is 4. The van der Waals surface area contributed by atoms with E-state index in [0.29, 0.717) is 32.6 Å². The summed E-state index contributed by atoms with van der Waals surface area (Å²) in [6.07, 6.45) is 4.13. The van der Waals surface area contributed by atoms with Crippen LogP contribution in [0.5, 0.6) is 0 Å². The van der Waals surface area contributed by atoms with Gasteiger partial charge in [-0.15, -0.1) is 0 Å². The van der Waals surface area contributed by atoms with Crippen LogP contribution in [0.4, 0.5) is 0 Å². The van der Waals surface area contributed by atoms with Crippen LogP contribution in [-0.4, -0.2) is 57.6 Å². The maximum absolute atomic E-state index is 12.1. The van der Waals surface area contributed by atoms with Crippen LogP contribution in [0.3, 0.4) is 0 Å². The Morgan fingerprint density at radius 2 is 1.74 bits per heavy atom. The predicted octanol–water partition coefficient (Wildman–Crippen LogP) is 0.272. The first-order chi connectivity index (χ1) is 9.10.